The van der Waals surface area contributed by atoms with Gasteiger partial charge >= 0.3 is 5.97 Å². The van der Waals surface area contributed by atoms with Crippen LogP contribution in [0, 0.1) is 6.92 Å². The maximum Gasteiger partial charge on any atom is 0.339 e. The summed E-state index contributed by atoms with van der Waals surface area (Å²) >= 11 is 0. The lowest BCUT2D eigenvalue weighted by molar-refractivity contribution is 0.0697. The summed E-state index contributed by atoms with van der Waals surface area (Å²) in [7, 11) is -0.839. The van der Waals surface area contributed by atoms with Crippen LogP contribution in [0.25, 0.3) is 0 Å². The third kappa shape index (κ3) is 4.44. The van der Waals surface area contributed by atoms with Crippen molar-refractivity contribution < 1.29 is 14.1 Å². The molecule has 0 radical (unpaired) electrons. The molecule has 2 unspecified atom stereocenters. The first kappa shape index (κ1) is 14.6. The molecule has 1 aromatic heterocycles. The lowest BCUT2D eigenvalue weighted by Crippen LogP contribution is -2.20. The number of carboxylic acids is 1. The molecule has 0 bridgehead atoms. The Balaban J connectivity index is 2.79. The molecular weight excluding hydrogens is 252 g/mol. The fourth-order valence-corrected chi connectivity index (χ4v) is 2.17. The normalized spacial score (nSPS) is 13.9. The summed E-state index contributed by atoms with van der Waals surface area (Å²) in [5.41, 5.74) is 0.916. The summed E-state index contributed by atoms with van der Waals surface area (Å²) in [5, 5.41) is 12.1. The minimum Gasteiger partial charge on any atom is -0.478 e. The van der Waals surface area contributed by atoms with Gasteiger partial charge in [-0.05, 0) is 32.4 Å². The van der Waals surface area contributed by atoms with Crippen LogP contribution in [0.2, 0.25) is 0 Å². The Kier molecular flexibility index (Phi) is 5.27. The quantitative estimate of drug-likeness (QED) is 0.821. The van der Waals surface area contributed by atoms with Crippen LogP contribution in [-0.2, 0) is 10.8 Å². The number of rotatable bonds is 6. The average molecular weight is 270 g/mol. The standard InChI is InChI=1S/C12H18N2O3S/c1-8-4-5-10(12(15)16)11(13-8)14-9(2)6-7-18(3)17/h4-5,9H,6-7H2,1-3H3,(H,13,14)(H,15,16). The number of nitrogens with one attached hydrogen (secondary N) is 1. The number of aromatic nitrogens is 1. The molecule has 5 nitrogen and oxygen atoms in total. The molecule has 1 aromatic rings. The van der Waals surface area contributed by atoms with Crippen LogP contribution >= 0.6 is 0 Å². The molecule has 0 aliphatic heterocycles. The van der Waals surface area contributed by atoms with Crippen molar-refractivity contribution in [2.24, 2.45) is 0 Å². The van der Waals surface area contributed by atoms with E-state index in [9.17, 15) is 9.00 Å². The van der Waals surface area contributed by atoms with Crippen LogP contribution in [-0.4, -0.2) is 38.3 Å². The molecule has 0 spiro atoms. The second-order valence-electron chi connectivity index (χ2n) is 4.27. The second kappa shape index (κ2) is 6.49. The maximum absolute atomic E-state index is 11.1. The van der Waals surface area contributed by atoms with Crippen LogP contribution in [0.5, 0.6) is 0 Å². The summed E-state index contributed by atoms with van der Waals surface area (Å²) in [5.74, 6) is -0.0456. The van der Waals surface area contributed by atoms with Gasteiger partial charge in [0, 0.05) is 34.5 Å². The Hall–Kier alpha value is -1.43. The zero-order valence-electron chi connectivity index (χ0n) is 10.8. The van der Waals surface area contributed by atoms with Gasteiger partial charge in [-0.25, -0.2) is 9.78 Å². The van der Waals surface area contributed by atoms with Gasteiger partial charge in [-0.2, -0.15) is 0 Å². The molecule has 0 fully saturated rings. The molecule has 0 saturated heterocycles. The highest BCUT2D eigenvalue weighted by molar-refractivity contribution is 7.84. The number of hydrogen-bond donors (Lipinski definition) is 2. The lowest BCUT2D eigenvalue weighted by Gasteiger charge is -2.15. The van der Waals surface area contributed by atoms with Crippen molar-refractivity contribution in [2.45, 2.75) is 26.3 Å². The van der Waals surface area contributed by atoms with E-state index in [0.717, 1.165) is 5.69 Å². The maximum atomic E-state index is 11.1. The number of aromatic carboxylic acids is 1. The Morgan fingerprint density at radius 1 is 1.56 bits per heavy atom. The van der Waals surface area contributed by atoms with Gasteiger partial charge in [0.25, 0.3) is 0 Å². The van der Waals surface area contributed by atoms with Crippen LogP contribution < -0.4 is 5.32 Å². The summed E-state index contributed by atoms with van der Waals surface area (Å²) in [6.07, 6.45) is 2.36. The fourth-order valence-electron chi connectivity index (χ4n) is 1.49. The van der Waals surface area contributed by atoms with Gasteiger partial charge < -0.3 is 10.4 Å². The molecule has 1 rings (SSSR count). The van der Waals surface area contributed by atoms with Gasteiger partial charge in [-0.3, -0.25) is 4.21 Å². The summed E-state index contributed by atoms with van der Waals surface area (Å²) in [4.78, 5) is 15.2. The van der Waals surface area contributed by atoms with E-state index in [-0.39, 0.29) is 11.6 Å². The first-order valence-corrected chi connectivity index (χ1v) is 7.40. The third-order valence-corrected chi connectivity index (χ3v) is 3.30. The van der Waals surface area contributed by atoms with Crippen molar-refractivity contribution >= 4 is 22.6 Å². The molecule has 0 aliphatic carbocycles. The second-order valence-corrected chi connectivity index (χ2v) is 5.82. The van der Waals surface area contributed by atoms with Gasteiger partial charge in [0.15, 0.2) is 0 Å². The van der Waals surface area contributed by atoms with Gasteiger partial charge in [-0.1, -0.05) is 0 Å². The molecule has 6 heteroatoms. The van der Waals surface area contributed by atoms with Crippen LogP contribution in [0.15, 0.2) is 12.1 Å². The van der Waals surface area contributed by atoms with Crippen molar-refractivity contribution in [3.05, 3.63) is 23.4 Å². The highest BCUT2D eigenvalue weighted by atomic mass is 32.2. The summed E-state index contributed by atoms with van der Waals surface area (Å²) in [6, 6.07) is 3.24. The smallest absolute Gasteiger partial charge is 0.339 e. The first-order valence-electron chi connectivity index (χ1n) is 5.67. The summed E-state index contributed by atoms with van der Waals surface area (Å²) in [6.45, 7) is 3.73. The third-order valence-electron chi connectivity index (χ3n) is 2.49. The van der Waals surface area contributed by atoms with Gasteiger partial charge in [0.05, 0.1) is 0 Å². The number of aryl methyl sites for hydroxylation is 1. The largest absolute Gasteiger partial charge is 0.478 e. The Bertz CT molecular complexity index is 463. The minimum atomic E-state index is -1.00. The number of anilines is 1. The molecule has 2 atom stereocenters. The van der Waals surface area contributed by atoms with Crippen molar-refractivity contribution in [3.8, 4) is 0 Å². The fraction of sp³-hybridized carbons (Fsp3) is 0.500. The van der Waals surface area contributed by atoms with E-state index in [2.05, 4.69) is 10.3 Å². The van der Waals surface area contributed by atoms with Crippen molar-refractivity contribution in [3.63, 3.8) is 0 Å². The highest BCUT2D eigenvalue weighted by Crippen LogP contribution is 2.15. The monoisotopic (exact) mass is 270 g/mol. The Morgan fingerprint density at radius 3 is 2.78 bits per heavy atom. The average Bonchev–Trinajstić information content (AvgIpc) is 2.26. The van der Waals surface area contributed by atoms with Crippen LogP contribution in [0.4, 0.5) is 5.82 Å². The number of carbonyl (C=O) groups is 1. The van der Waals surface area contributed by atoms with E-state index < -0.39 is 16.8 Å². The number of pyridine rings is 1. The Labute approximate surface area is 109 Å². The number of carboxylic acid groups (broad SMARTS) is 1. The van der Waals surface area contributed by atoms with Crippen molar-refractivity contribution in [1.82, 2.24) is 4.98 Å². The van der Waals surface area contributed by atoms with Crippen molar-refractivity contribution in [2.75, 3.05) is 17.3 Å². The number of nitrogens with zero attached hydrogens (tertiary/aromatic N) is 1. The van der Waals surface area contributed by atoms with E-state index in [4.69, 9.17) is 5.11 Å². The number of hydrogen-bond acceptors (Lipinski definition) is 4. The highest BCUT2D eigenvalue weighted by Gasteiger charge is 2.13. The SMILES string of the molecule is Cc1ccc(C(=O)O)c(NC(C)CCS(C)=O)n1. The molecule has 18 heavy (non-hydrogen) atoms. The van der Waals surface area contributed by atoms with Gasteiger partial charge in [-0.15, -0.1) is 0 Å². The van der Waals surface area contributed by atoms with Crippen LogP contribution in [0.3, 0.4) is 0 Å². The Morgan fingerprint density at radius 2 is 2.22 bits per heavy atom. The zero-order valence-corrected chi connectivity index (χ0v) is 11.6. The molecule has 100 valence electrons. The van der Waals surface area contributed by atoms with Gasteiger partial charge in [0.1, 0.15) is 11.4 Å². The molecule has 0 amide bonds. The molecule has 0 aliphatic rings. The van der Waals surface area contributed by atoms with Crippen molar-refractivity contribution in [1.29, 1.82) is 0 Å². The lowest BCUT2D eigenvalue weighted by atomic mass is 10.2. The topological polar surface area (TPSA) is 79.3 Å². The van der Waals surface area contributed by atoms with E-state index in [1.165, 1.54) is 6.07 Å². The molecule has 0 aromatic carbocycles. The van der Waals surface area contributed by atoms with E-state index in [1.807, 2.05) is 13.8 Å². The van der Waals surface area contributed by atoms with E-state index in [1.54, 1.807) is 12.3 Å². The molecule has 1 heterocycles. The predicted octanol–water partition coefficient (Wildman–Crippen LogP) is 1.66. The van der Waals surface area contributed by atoms with Crippen LogP contribution in [0.1, 0.15) is 29.4 Å². The van der Waals surface area contributed by atoms with E-state index >= 15 is 0 Å². The molecule has 0 saturated carbocycles. The first-order chi connectivity index (χ1) is 8.40. The summed E-state index contributed by atoms with van der Waals surface area (Å²) < 4.78 is 11.0. The minimum absolute atomic E-state index is 0.0290. The molecular formula is C12H18N2O3S. The van der Waals surface area contributed by atoms with Gasteiger partial charge in [0.2, 0.25) is 0 Å². The zero-order chi connectivity index (χ0) is 13.7. The molecule has 2 N–H and O–H groups in total. The van der Waals surface area contributed by atoms with E-state index in [0.29, 0.717) is 18.0 Å². The predicted molar refractivity (Wildman–Crippen MR) is 72.6 cm³/mol.